The molecule has 2 amide bonds. The number of amides is 2. The number of urea groups is 1. The Labute approximate surface area is 134 Å². The van der Waals surface area contributed by atoms with E-state index < -0.39 is 0 Å². The maximum Gasteiger partial charge on any atom is 0.315 e. The van der Waals surface area contributed by atoms with Crippen LogP contribution in [0, 0.1) is 11.8 Å². The van der Waals surface area contributed by atoms with Crippen molar-refractivity contribution >= 4 is 6.03 Å². The zero-order valence-corrected chi connectivity index (χ0v) is 14.2. The van der Waals surface area contributed by atoms with Crippen molar-refractivity contribution in [3.63, 3.8) is 0 Å². The highest BCUT2D eigenvalue weighted by Gasteiger charge is 2.23. The molecule has 2 rings (SSSR count). The predicted octanol–water partition coefficient (Wildman–Crippen LogP) is 1.96. The molecule has 2 atom stereocenters. The fraction of sp³-hybridized carbons (Fsp3) is 0.941. The maximum atomic E-state index is 12.1. The average Bonchev–Trinajstić information content (AvgIpc) is 2.47. The monoisotopic (exact) mass is 311 g/mol. The lowest BCUT2D eigenvalue weighted by molar-refractivity contribution is 0.165. The molecule has 2 fully saturated rings. The van der Waals surface area contributed by atoms with Crippen LogP contribution in [0.5, 0.6) is 0 Å². The highest BCUT2D eigenvalue weighted by atomic mass is 16.3. The van der Waals surface area contributed by atoms with Crippen LogP contribution < -0.4 is 10.6 Å². The Balaban J connectivity index is 1.64. The van der Waals surface area contributed by atoms with Gasteiger partial charge in [0.2, 0.25) is 0 Å². The predicted molar refractivity (Wildman–Crippen MR) is 88.8 cm³/mol. The van der Waals surface area contributed by atoms with Crippen molar-refractivity contribution in [3.8, 4) is 0 Å². The van der Waals surface area contributed by atoms with Gasteiger partial charge in [-0.1, -0.05) is 6.92 Å². The van der Waals surface area contributed by atoms with E-state index in [0.29, 0.717) is 5.92 Å². The molecule has 5 nitrogen and oxygen atoms in total. The molecular weight excluding hydrogens is 278 g/mol. The van der Waals surface area contributed by atoms with Gasteiger partial charge in [0.05, 0.1) is 0 Å². The summed E-state index contributed by atoms with van der Waals surface area (Å²) >= 11 is 0. The van der Waals surface area contributed by atoms with Crippen LogP contribution in [0.1, 0.15) is 52.4 Å². The molecule has 128 valence electrons. The smallest absolute Gasteiger partial charge is 0.315 e. The van der Waals surface area contributed by atoms with Crippen LogP contribution in [0.25, 0.3) is 0 Å². The van der Waals surface area contributed by atoms with Gasteiger partial charge in [0, 0.05) is 31.8 Å². The van der Waals surface area contributed by atoms with Crippen LogP contribution in [0.3, 0.4) is 0 Å². The Morgan fingerprint density at radius 2 is 2.00 bits per heavy atom. The Morgan fingerprint density at radius 1 is 1.27 bits per heavy atom. The summed E-state index contributed by atoms with van der Waals surface area (Å²) in [6.45, 7) is 7.92. The maximum absolute atomic E-state index is 12.1. The summed E-state index contributed by atoms with van der Waals surface area (Å²) < 4.78 is 0. The van der Waals surface area contributed by atoms with E-state index in [9.17, 15) is 4.79 Å². The molecule has 2 unspecified atom stereocenters. The van der Waals surface area contributed by atoms with Gasteiger partial charge in [0.25, 0.3) is 0 Å². The number of aliphatic hydroxyl groups excluding tert-OH is 1. The number of aliphatic hydroxyl groups is 1. The molecule has 1 saturated heterocycles. The van der Waals surface area contributed by atoms with Crippen LogP contribution in [-0.4, -0.2) is 54.4 Å². The van der Waals surface area contributed by atoms with Gasteiger partial charge in [-0.25, -0.2) is 4.79 Å². The highest BCUT2D eigenvalue weighted by molar-refractivity contribution is 5.74. The third kappa shape index (κ3) is 5.76. The number of carbonyl (C=O) groups is 1. The third-order valence-electron chi connectivity index (χ3n) is 5.09. The second kappa shape index (κ2) is 8.73. The van der Waals surface area contributed by atoms with Gasteiger partial charge in [-0.05, 0) is 63.8 Å². The Kier molecular flexibility index (Phi) is 6.96. The van der Waals surface area contributed by atoms with E-state index in [1.807, 2.05) is 0 Å². The van der Waals surface area contributed by atoms with Crippen molar-refractivity contribution in [2.75, 3.05) is 26.2 Å². The fourth-order valence-corrected chi connectivity index (χ4v) is 3.83. The van der Waals surface area contributed by atoms with Crippen molar-refractivity contribution in [1.82, 2.24) is 15.5 Å². The van der Waals surface area contributed by atoms with Gasteiger partial charge in [-0.2, -0.15) is 0 Å². The number of piperidine rings is 1. The molecule has 0 radical (unpaired) electrons. The second-order valence-corrected chi connectivity index (χ2v) is 7.43. The SMILES string of the molecule is CC1CCCN(CC(C)NC(=O)NC2CCC(CO)CC2)C1. The van der Waals surface area contributed by atoms with Crippen LogP contribution in [0.2, 0.25) is 0 Å². The minimum absolute atomic E-state index is 0.0370. The average molecular weight is 311 g/mol. The second-order valence-electron chi connectivity index (χ2n) is 7.43. The molecular formula is C17H33N3O2. The van der Waals surface area contributed by atoms with Gasteiger partial charge in [-0.15, -0.1) is 0 Å². The molecule has 1 heterocycles. The lowest BCUT2D eigenvalue weighted by atomic mass is 9.87. The molecule has 2 aliphatic rings. The summed E-state index contributed by atoms with van der Waals surface area (Å²) in [5, 5.41) is 15.3. The van der Waals surface area contributed by atoms with E-state index in [1.165, 1.54) is 12.8 Å². The lowest BCUT2D eigenvalue weighted by Gasteiger charge is -2.33. The first-order valence-corrected chi connectivity index (χ1v) is 8.97. The molecule has 1 saturated carbocycles. The Morgan fingerprint density at radius 3 is 2.64 bits per heavy atom. The first kappa shape index (κ1) is 17.5. The van der Waals surface area contributed by atoms with E-state index in [0.717, 1.165) is 51.2 Å². The number of carbonyl (C=O) groups excluding carboxylic acids is 1. The minimum atomic E-state index is -0.0370. The number of nitrogens with one attached hydrogen (secondary N) is 2. The van der Waals surface area contributed by atoms with Gasteiger partial charge < -0.3 is 20.6 Å². The van der Waals surface area contributed by atoms with Crippen LogP contribution >= 0.6 is 0 Å². The van der Waals surface area contributed by atoms with Gasteiger partial charge in [-0.3, -0.25) is 0 Å². The first-order chi connectivity index (χ1) is 10.6. The van der Waals surface area contributed by atoms with Crippen molar-refractivity contribution in [2.45, 2.75) is 64.5 Å². The normalized spacial score (nSPS) is 31.5. The topological polar surface area (TPSA) is 64.6 Å². The Hall–Kier alpha value is -0.810. The standard InChI is InChI=1S/C17H33N3O2/c1-13-4-3-9-20(10-13)11-14(2)18-17(22)19-16-7-5-15(12-21)6-8-16/h13-16,21H,3-12H2,1-2H3,(H2,18,19,22). The van der Waals surface area contributed by atoms with E-state index in [1.54, 1.807) is 0 Å². The summed E-state index contributed by atoms with van der Waals surface area (Å²) in [6, 6.07) is 0.411. The Bertz CT molecular complexity index is 343. The molecule has 0 aromatic heterocycles. The van der Waals surface area contributed by atoms with Crippen LogP contribution in [0.4, 0.5) is 4.79 Å². The van der Waals surface area contributed by atoms with E-state index >= 15 is 0 Å². The molecule has 0 spiro atoms. The van der Waals surface area contributed by atoms with Crippen LogP contribution in [0.15, 0.2) is 0 Å². The largest absolute Gasteiger partial charge is 0.396 e. The quantitative estimate of drug-likeness (QED) is 0.727. The summed E-state index contributed by atoms with van der Waals surface area (Å²) in [6.07, 6.45) is 6.60. The molecule has 1 aliphatic carbocycles. The third-order valence-corrected chi connectivity index (χ3v) is 5.09. The molecule has 0 aromatic rings. The first-order valence-electron chi connectivity index (χ1n) is 8.97. The van der Waals surface area contributed by atoms with Crippen molar-refractivity contribution in [1.29, 1.82) is 0 Å². The van der Waals surface area contributed by atoms with Gasteiger partial charge in [0.1, 0.15) is 0 Å². The molecule has 3 N–H and O–H groups in total. The van der Waals surface area contributed by atoms with E-state index in [4.69, 9.17) is 5.11 Å². The van der Waals surface area contributed by atoms with Gasteiger partial charge in [0.15, 0.2) is 0 Å². The highest BCUT2D eigenvalue weighted by Crippen LogP contribution is 2.23. The zero-order valence-electron chi connectivity index (χ0n) is 14.2. The van der Waals surface area contributed by atoms with Crippen molar-refractivity contribution in [2.24, 2.45) is 11.8 Å². The summed E-state index contributed by atoms with van der Waals surface area (Å²) in [7, 11) is 0. The zero-order chi connectivity index (χ0) is 15.9. The lowest BCUT2D eigenvalue weighted by Crippen LogP contribution is -2.50. The summed E-state index contributed by atoms with van der Waals surface area (Å²) in [4.78, 5) is 14.6. The molecule has 5 heteroatoms. The number of hydrogen-bond acceptors (Lipinski definition) is 3. The molecule has 22 heavy (non-hydrogen) atoms. The molecule has 1 aliphatic heterocycles. The number of nitrogens with zero attached hydrogens (tertiary/aromatic N) is 1. The van der Waals surface area contributed by atoms with Gasteiger partial charge >= 0.3 is 6.03 Å². The molecule has 0 bridgehead atoms. The van der Waals surface area contributed by atoms with E-state index in [-0.39, 0.29) is 24.7 Å². The van der Waals surface area contributed by atoms with E-state index in [2.05, 4.69) is 29.4 Å². The number of rotatable bonds is 5. The summed E-state index contributed by atoms with van der Waals surface area (Å²) in [5.41, 5.74) is 0. The molecule has 0 aromatic carbocycles. The minimum Gasteiger partial charge on any atom is -0.396 e. The van der Waals surface area contributed by atoms with Crippen molar-refractivity contribution < 1.29 is 9.90 Å². The number of likely N-dealkylation sites (tertiary alicyclic amines) is 1. The fourth-order valence-electron chi connectivity index (χ4n) is 3.83. The number of hydrogen-bond donors (Lipinski definition) is 3. The summed E-state index contributed by atoms with van der Waals surface area (Å²) in [5.74, 6) is 1.21. The van der Waals surface area contributed by atoms with Crippen molar-refractivity contribution in [3.05, 3.63) is 0 Å². The van der Waals surface area contributed by atoms with Crippen LogP contribution in [-0.2, 0) is 0 Å².